The van der Waals surface area contributed by atoms with Gasteiger partial charge >= 0.3 is 5.97 Å². The Balaban J connectivity index is 3.88. The van der Waals surface area contributed by atoms with Crippen molar-refractivity contribution in [3.8, 4) is 6.07 Å². The van der Waals surface area contributed by atoms with E-state index in [1.54, 1.807) is 0 Å². The third-order valence-corrected chi connectivity index (χ3v) is 1.84. The molecule has 0 spiro atoms. The van der Waals surface area contributed by atoms with Gasteiger partial charge in [-0.25, -0.2) is 4.79 Å². The lowest BCUT2D eigenvalue weighted by Gasteiger charge is -2.12. The number of nitriles is 1. The van der Waals surface area contributed by atoms with Crippen LogP contribution in [0.1, 0.15) is 12.8 Å². The topological polar surface area (TPSA) is 109 Å². The van der Waals surface area contributed by atoms with Gasteiger partial charge in [0.05, 0.1) is 19.3 Å². The summed E-state index contributed by atoms with van der Waals surface area (Å²) in [5.41, 5.74) is 0. The van der Waals surface area contributed by atoms with Crippen LogP contribution in [0.25, 0.3) is 0 Å². The number of carboxylic acid groups (broad SMARTS) is 1. The Hall–Kier alpha value is -1.65. The van der Waals surface area contributed by atoms with Crippen LogP contribution < -0.4 is 5.32 Å². The Bertz CT molecular complexity index is 287. The van der Waals surface area contributed by atoms with Gasteiger partial charge in [0.1, 0.15) is 12.6 Å². The maximum Gasteiger partial charge on any atom is 0.326 e. The second-order valence-corrected chi connectivity index (χ2v) is 3.20. The molecule has 7 heteroatoms. The molecule has 1 amide bonds. The van der Waals surface area contributed by atoms with Crippen LogP contribution >= 0.6 is 0 Å². The number of rotatable bonds is 9. The molecule has 0 aliphatic carbocycles. The molecule has 96 valence electrons. The summed E-state index contributed by atoms with van der Waals surface area (Å²) in [5.74, 6) is -1.68. The minimum Gasteiger partial charge on any atom is -0.480 e. The van der Waals surface area contributed by atoms with E-state index in [0.717, 1.165) is 0 Å². The Morgan fingerprint density at radius 1 is 1.47 bits per heavy atom. The number of nitrogens with zero attached hydrogens (tertiary/aromatic N) is 1. The maximum atomic E-state index is 11.3. The standard InChI is InChI=1S/C10H16N2O5/c1-16-5-6-17-7-9(13)12-8(10(14)15)3-2-4-11/h8H,2-3,5-7H2,1H3,(H,12,13)(H,14,15)/t8-/m1/s1. The van der Waals surface area contributed by atoms with Gasteiger partial charge in [-0.15, -0.1) is 0 Å². The number of hydrogen-bond donors (Lipinski definition) is 2. The quantitative estimate of drug-likeness (QED) is 0.530. The first kappa shape index (κ1) is 15.3. The van der Waals surface area contributed by atoms with Crippen LogP contribution in [0.4, 0.5) is 0 Å². The molecule has 1 atom stereocenters. The molecule has 0 saturated heterocycles. The van der Waals surface area contributed by atoms with Gasteiger partial charge in [-0.1, -0.05) is 0 Å². The molecular weight excluding hydrogens is 228 g/mol. The molecule has 2 N–H and O–H groups in total. The fourth-order valence-electron chi connectivity index (χ4n) is 1.01. The van der Waals surface area contributed by atoms with E-state index in [-0.39, 0.29) is 26.1 Å². The van der Waals surface area contributed by atoms with E-state index in [9.17, 15) is 9.59 Å². The van der Waals surface area contributed by atoms with Crippen molar-refractivity contribution in [2.45, 2.75) is 18.9 Å². The zero-order chi connectivity index (χ0) is 13.1. The van der Waals surface area contributed by atoms with Crippen molar-refractivity contribution in [3.63, 3.8) is 0 Å². The zero-order valence-corrected chi connectivity index (χ0v) is 9.64. The second kappa shape index (κ2) is 9.57. The minimum absolute atomic E-state index is 0.0712. The SMILES string of the molecule is COCCOCC(=O)N[C@H](CCC#N)C(=O)O. The van der Waals surface area contributed by atoms with E-state index in [0.29, 0.717) is 6.61 Å². The van der Waals surface area contributed by atoms with Gasteiger partial charge in [-0.2, -0.15) is 5.26 Å². The first-order valence-electron chi connectivity index (χ1n) is 5.07. The Kier molecular flexibility index (Phi) is 8.64. The van der Waals surface area contributed by atoms with Crippen LogP contribution in [-0.4, -0.2) is 50.0 Å². The molecule has 0 aliphatic rings. The molecule has 17 heavy (non-hydrogen) atoms. The third kappa shape index (κ3) is 8.19. The number of carboxylic acids is 1. The molecule has 0 saturated carbocycles. The summed E-state index contributed by atoms with van der Waals surface area (Å²) < 4.78 is 9.64. The number of amides is 1. The van der Waals surface area contributed by atoms with Crippen LogP contribution in [0, 0.1) is 11.3 Å². The highest BCUT2D eigenvalue weighted by Crippen LogP contribution is 1.96. The fraction of sp³-hybridized carbons (Fsp3) is 0.700. The number of carbonyl (C=O) groups excluding carboxylic acids is 1. The summed E-state index contributed by atoms with van der Waals surface area (Å²) in [7, 11) is 1.51. The van der Waals surface area contributed by atoms with Crippen molar-refractivity contribution < 1.29 is 24.2 Å². The molecule has 7 nitrogen and oxygen atoms in total. The molecular formula is C10H16N2O5. The summed E-state index contributed by atoms with van der Waals surface area (Å²) >= 11 is 0. The average Bonchev–Trinajstić information content (AvgIpc) is 2.29. The summed E-state index contributed by atoms with van der Waals surface area (Å²) in [4.78, 5) is 22.0. The van der Waals surface area contributed by atoms with Gasteiger partial charge in [0.2, 0.25) is 5.91 Å². The Morgan fingerprint density at radius 2 is 2.18 bits per heavy atom. The first-order valence-corrected chi connectivity index (χ1v) is 5.07. The van der Waals surface area contributed by atoms with Crippen molar-refractivity contribution in [2.75, 3.05) is 26.9 Å². The van der Waals surface area contributed by atoms with Crippen LogP contribution in [0.15, 0.2) is 0 Å². The monoisotopic (exact) mass is 244 g/mol. The Labute approximate surface area is 99.3 Å². The molecule has 0 aromatic rings. The molecule has 0 aromatic carbocycles. The van der Waals surface area contributed by atoms with Crippen LogP contribution in [-0.2, 0) is 19.1 Å². The van der Waals surface area contributed by atoms with Gasteiger partial charge in [0, 0.05) is 13.5 Å². The van der Waals surface area contributed by atoms with E-state index in [4.69, 9.17) is 19.8 Å². The third-order valence-electron chi connectivity index (χ3n) is 1.84. The molecule has 0 bridgehead atoms. The predicted octanol–water partition coefficient (Wildman–Crippen LogP) is -0.477. The van der Waals surface area contributed by atoms with Crippen molar-refractivity contribution in [1.82, 2.24) is 5.32 Å². The molecule has 0 fully saturated rings. The number of aliphatic carboxylic acids is 1. The Morgan fingerprint density at radius 3 is 2.71 bits per heavy atom. The van der Waals surface area contributed by atoms with Crippen LogP contribution in [0.2, 0.25) is 0 Å². The lowest BCUT2D eigenvalue weighted by atomic mass is 10.1. The number of ether oxygens (including phenoxy) is 2. The van der Waals surface area contributed by atoms with Gasteiger partial charge < -0.3 is 19.9 Å². The molecule has 0 radical (unpaired) electrons. The van der Waals surface area contributed by atoms with Gasteiger partial charge in [-0.05, 0) is 6.42 Å². The van der Waals surface area contributed by atoms with E-state index < -0.39 is 17.9 Å². The number of carbonyl (C=O) groups is 2. The highest BCUT2D eigenvalue weighted by Gasteiger charge is 2.19. The average molecular weight is 244 g/mol. The summed E-state index contributed by atoms with van der Waals surface area (Å²) in [6.07, 6.45) is 0.150. The lowest BCUT2D eigenvalue weighted by Crippen LogP contribution is -2.42. The zero-order valence-electron chi connectivity index (χ0n) is 9.64. The molecule has 0 heterocycles. The van der Waals surface area contributed by atoms with E-state index >= 15 is 0 Å². The van der Waals surface area contributed by atoms with Crippen molar-refractivity contribution in [1.29, 1.82) is 5.26 Å². The molecule has 0 aromatic heterocycles. The highest BCUT2D eigenvalue weighted by atomic mass is 16.5. The van der Waals surface area contributed by atoms with E-state index in [1.165, 1.54) is 7.11 Å². The smallest absolute Gasteiger partial charge is 0.326 e. The maximum absolute atomic E-state index is 11.3. The predicted molar refractivity (Wildman–Crippen MR) is 57.1 cm³/mol. The van der Waals surface area contributed by atoms with Gasteiger partial charge in [-0.3, -0.25) is 4.79 Å². The molecule has 0 unspecified atom stereocenters. The first-order chi connectivity index (χ1) is 8.11. The number of hydrogen-bond acceptors (Lipinski definition) is 5. The van der Waals surface area contributed by atoms with Crippen molar-refractivity contribution in [3.05, 3.63) is 0 Å². The largest absolute Gasteiger partial charge is 0.480 e. The van der Waals surface area contributed by atoms with Gasteiger partial charge in [0.15, 0.2) is 0 Å². The van der Waals surface area contributed by atoms with E-state index in [1.807, 2.05) is 6.07 Å². The van der Waals surface area contributed by atoms with E-state index in [2.05, 4.69) is 5.32 Å². The number of nitrogens with one attached hydrogen (secondary N) is 1. The second-order valence-electron chi connectivity index (χ2n) is 3.20. The molecule has 0 aliphatic heterocycles. The minimum atomic E-state index is -1.16. The summed E-state index contributed by atoms with van der Waals surface area (Å²) in [6, 6.07) is 0.776. The highest BCUT2D eigenvalue weighted by molar-refractivity contribution is 5.84. The van der Waals surface area contributed by atoms with Crippen LogP contribution in [0.5, 0.6) is 0 Å². The number of methoxy groups -OCH3 is 1. The van der Waals surface area contributed by atoms with Gasteiger partial charge in [0.25, 0.3) is 0 Å². The van der Waals surface area contributed by atoms with Crippen molar-refractivity contribution >= 4 is 11.9 Å². The summed E-state index contributed by atoms with van der Waals surface area (Å²) in [5, 5.41) is 19.4. The molecule has 0 rings (SSSR count). The lowest BCUT2D eigenvalue weighted by molar-refractivity contribution is -0.142. The fourth-order valence-corrected chi connectivity index (χ4v) is 1.01. The van der Waals surface area contributed by atoms with Crippen LogP contribution in [0.3, 0.4) is 0 Å². The summed E-state index contributed by atoms with van der Waals surface area (Å²) in [6.45, 7) is 0.406. The normalized spacial score (nSPS) is 11.5. The van der Waals surface area contributed by atoms with Crippen molar-refractivity contribution in [2.24, 2.45) is 0 Å².